The van der Waals surface area contributed by atoms with Crippen molar-refractivity contribution < 1.29 is 24.1 Å². The van der Waals surface area contributed by atoms with Gasteiger partial charge in [-0.25, -0.2) is 9.78 Å². The van der Waals surface area contributed by atoms with Crippen molar-refractivity contribution in [2.75, 3.05) is 5.75 Å². The summed E-state index contributed by atoms with van der Waals surface area (Å²) in [6.07, 6.45) is 1.29. The van der Waals surface area contributed by atoms with E-state index >= 15 is 0 Å². The number of imide groups is 1. The van der Waals surface area contributed by atoms with Crippen LogP contribution < -0.4 is 0 Å². The Kier molecular flexibility index (Phi) is 5.93. The standard InChI is InChI=1S/C12H11N3O6S2/c16-10-3-4-11(17)14(10)21-12(18)5-6-22-23-9-2-1-8(7-13-9)15(19)20/h1-2,7H,3-6H2. The molecule has 1 fully saturated rings. The Balaban J connectivity index is 1.68. The van der Waals surface area contributed by atoms with Gasteiger partial charge >= 0.3 is 5.97 Å². The average Bonchev–Trinajstić information content (AvgIpc) is 2.84. The van der Waals surface area contributed by atoms with Gasteiger partial charge in [0.25, 0.3) is 17.5 Å². The normalized spacial score (nSPS) is 14.2. The molecule has 2 rings (SSSR count). The van der Waals surface area contributed by atoms with Gasteiger partial charge in [-0.05, 0) is 16.9 Å². The SMILES string of the molecule is O=C(CCSSc1ccc([N+](=O)[O-])cn1)ON1C(=O)CCC1=O. The topological polar surface area (TPSA) is 120 Å². The third-order valence-corrected chi connectivity index (χ3v) is 4.93. The van der Waals surface area contributed by atoms with Crippen LogP contribution in [0.2, 0.25) is 0 Å². The number of carbonyl (C=O) groups excluding carboxylic acids is 3. The lowest BCUT2D eigenvalue weighted by Crippen LogP contribution is -2.32. The van der Waals surface area contributed by atoms with Crippen LogP contribution in [0.25, 0.3) is 0 Å². The minimum atomic E-state index is -0.668. The second-order valence-electron chi connectivity index (χ2n) is 4.31. The molecule has 0 radical (unpaired) electrons. The number of pyridine rings is 1. The molecule has 0 unspecified atom stereocenters. The smallest absolute Gasteiger partial charge is 0.330 e. The number of nitro groups is 1. The van der Waals surface area contributed by atoms with Crippen LogP contribution in [0.3, 0.4) is 0 Å². The summed E-state index contributed by atoms with van der Waals surface area (Å²) in [5, 5.41) is 11.6. The van der Waals surface area contributed by atoms with Crippen LogP contribution >= 0.6 is 21.6 Å². The van der Waals surface area contributed by atoms with Gasteiger partial charge in [0.1, 0.15) is 11.2 Å². The van der Waals surface area contributed by atoms with Crippen molar-refractivity contribution in [2.24, 2.45) is 0 Å². The summed E-state index contributed by atoms with van der Waals surface area (Å²) in [5.41, 5.74) is -0.0946. The summed E-state index contributed by atoms with van der Waals surface area (Å²) < 4.78 is 0. The van der Waals surface area contributed by atoms with E-state index in [0.29, 0.717) is 15.8 Å². The summed E-state index contributed by atoms with van der Waals surface area (Å²) in [5.74, 6) is -1.32. The fraction of sp³-hybridized carbons (Fsp3) is 0.333. The van der Waals surface area contributed by atoms with Crippen LogP contribution in [0.15, 0.2) is 23.4 Å². The Hall–Kier alpha value is -2.14. The molecule has 0 bridgehead atoms. The number of carbonyl (C=O) groups is 3. The first kappa shape index (κ1) is 17.2. The van der Waals surface area contributed by atoms with E-state index in [-0.39, 0.29) is 24.9 Å². The molecule has 1 saturated heterocycles. The van der Waals surface area contributed by atoms with Crippen molar-refractivity contribution in [2.45, 2.75) is 24.3 Å². The van der Waals surface area contributed by atoms with Gasteiger partial charge < -0.3 is 4.84 Å². The minimum absolute atomic E-state index is 0.0156. The summed E-state index contributed by atoms with van der Waals surface area (Å²) in [7, 11) is 2.56. The maximum absolute atomic E-state index is 11.5. The van der Waals surface area contributed by atoms with Gasteiger partial charge in [-0.3, -0.25) is 19.7 Å². The van der Waals surface area contributed by atoms with Gasteiger partial charge in [0.2, 0.25) is 0 Å². The Morgan fingerprint density at radius 2 is 2.04 bits per heavy atom. The van der Waals surface area contributed by atoms with E-state index in [1.165, 1.54) is 33.7 Å². The van der Waals surface area contributed by atoms with Gasteiger partial charge in [0, 0.05) is 24.7 Å². The van der Waals surface area contributed by atoms with E-state index in [9.17, 15) is 24.5 Å². The fourth-order valence-corrected chi connectivity index (χ4v) is 3.39. The molecule has 0 atom stereocenters. The van der Waals surface area contributed by atoms with Gasteiger partial charge in [-0.2, -0.15) is 0 Å². The third kappa shape index (κ3) is 4.93. The number of aromatic nitrogens is 1. The molecule has 1 aromatic rings. The Morgan fingerprint density at radius 1 is 1.35 bits per heavy atom. The van der Waals surface area contributed by atoms with Gasteiger partial charge in [-0.1, -0.05) is 10.8 Å². The van der Waals surface area contributed by atoms with Crippen LogP contribution in [0.4, 0.5) is 5.69 Å². The average molecular weight is 357 g/mol. The van der Waals surface area contributed by atoms with Gasteiger partial charge in [0.05, 0.1) is 11.3 Å². The molecule has 9 nitrogen and oxygen atoms in total. The first-order chi connectivity index (χ1) is 11.0. The predicted octanol–water partition coefficient (Wildman–Crippen LogP) is 1.73. The summed E-state index contributed by atoms with van der Waals surface area (Å²) in [4.78, 5) is 52.7. The maximum Gasteiger partial charge on any atom is 0.334 e. The zero-order chi connectivity index (χ0) is 16.8. The molecule has 1 aliphatic rings. The molecule has 2 heterocycles. The van der Waals surface area contributed by atoms with Crippen molar-refractivity contribution in [3.05, 3.63) is 28.4 Å². The van der Waals surface area contributed by atoms with Crippen molar-refractivity contribution in [1.82, 2.24) is 10.0 Å². The highest BCUT2D eigenvalue weighted by atomic mass is 33.1. The quantitative estimate of drug-likeness (QED) is 0.236. The lowest BCUT2D eigenvalue weighted by Gasteiger charge is -2.12. The van der Waals surface area contributed by atoms with Crippen LogP contribution in [0, 0.1) is 10.1 Å². The lowest BCUT2D eigenvalue weighted by atomic mass is 10.4. The molecule has 1 aromatic heterocycles. The van der Waals surface area contributed by atoms with Crippen molar-refractivity contribution in [3.8, 4) is 0 Å². The molecular formula is C12H11N3O6S2. The van der Waals surface area contributed by atoms with Crippen LogP contribution in [0.5, 0.6) is 0 Å². The van der Waals surface area contributed by atoms with Crippen LogP contribution in [0.1, 0.15) is 19.3 Å². The first-order valence-electron chi connectivity index (χ1n) is 6.44. The van der Waals surface area contributed by atoms with Crippen LogP contribution in [-0.2, 0) is 19.2 Å². The summed E-state index contributed by atoms with van der Waals surface area (Å²) in [6.45, 7) is 0. The first-order valence-corrected chi connectivity index (χ1v) is 8.76. The monoisotopic (exact) mass is 357 g/mol. The second kappa shape index (κ2) is 7.92. The zero-order valence-corrected chi connectivity index (χ0v) is 13.3. The number of nitrogens with zero attached hydrogens (tertiary/aromatic N) is 3. The number of hydroxylamine groups is 2. The summed E-state index contributed by atoms with van der Waals surface area (Å²) in [6, 6.07) is 2.85. The Morgan fingerprint density at radius 3 is 2.61 bits per heavy atom. The number of hydrogen-bond donors (Lipinski definition) is 0. The molecule has 0 saturated carbocycles. The maximum atomic E-state index is 11.5. The minimum Gasteiger partial charge on any atom is -0.330 e. The highest BCUT2D eigenvalue weighted by molar-refractivity contribution is 8.76. The van der Waals surface area contributed by atoms with Crippen molar-refractivity contribution in [1.29, 1.82) is 0 Å². The third-order valence-electron chi connectivity index (χ3n) is 2.66. The van der Waals surface area contributed by atoms with E-state index in [1.54, 1.807) is 0 Å². The number of amides is 2. The number of rotatable bonds is 7. The van der Waals surface area contributed by atoms with Crippen molar-refractivity contribution >= 4 is 45.1 Å². The molecule has 0 spiro atoms. The van der Waals surface area contributed by atoms with E-state index in [2.05, 4.69) is 4.98 Å². The zero-order valence-electron chi connectivity index (χ0n) is 11.7. The van der Waals surface area contributed by atoms with Crippen LogP contribution in [-0.4, -0.2) is 38.5 Å². The number of hydrogen-bond acceptors (Lipinski definition) is 9. The molecule has 2 amide bonds. The molecule has 0 aliphatic carbocycles. The van der Waals surface area contributed by atoms with E-state index < -0.39 is 22.7 Å². The van der Waals surface area contributed by atoms with Gasteiger partial charge in [0.15, 0.2) is 0 Å². The molecule has 11 heteroatoms. The molecular weight excluding hydrogens is 346 g/mol. The fourth-order valence-electron chi connectivity index (χ4n) is 1.56. The molecule has 1 aliphatic heterocycles. The van der Waals surface area contributed by atoms with E-state index in [4.69, 9.17) is 4.84 Å². The second-order valence-corrected chi connectivity index (χ2v) is 6.75. The Bertz CT molecular complexity index is 620. The molecule has 0 aromatic carbocycles. The predicted molar refractivity (Wildman–Crippen MR) is 81.0 cm³/mol. The Labute approximate surface area is 138 Å². The van der Waals surface area contributed by atoms with E-state index in [0.717, 1.165) is 6.20 Å². The summed E-state index contributed by atoms with van der Waals surface area (Å²) >= 11 is 0. The highest BCUT2D eigenvalue weighted by Crippen LogP contribution is 2.30. The van der Waals surface area contributed by atoms with Crippen molar-refractivity contribution in [3.63, 3.8) is 0 Å². The molecule has 23 heavy (non-hydrogen) atoms. The van der Waals surface area contributed by atoms with E-state index in [1.807, 2.05) is 0 Å². The lowest BCUT2D eigenvalue weighted by molar-refractivity contribution is -0.385. The largest absolute Gasteiger partial charge is 0.334 e. The molecule has 0 N–H and O–H groups in total. The van der Waals surface area contributed by atoms with Gasteiger partial charge in [-0.15, -0.1) is 5.06 Å². The highest BCUT2D eigenvalue weighted by Gasteiger charge is 2.32. The molecule has 122 valence electrons.